The molecule has 0 spiro atoms. The molecular formula is C12H14BrCl2NO. The summed E-state index contributed by atoms with van der Waals surface area (Å²) in [5.41, 5.74) is 1.12. The number of morpholine rings is 1. The van der Waals surface area contributed by atoms with Crippen LogP contribution in [0.15, 0.2) is 18.2 Å². The van der Waals surface area contributed by atoms with E-state index in [-0.39, 0.29) is 6.10 Å². The average molecular weight is 339 g/mol. The van der Waals surface area contributed by atoms with Crippen molar-refractivity contribution in [2.45, 2.75) is 12.6 Å². The molecule has 1 fully saturated rings. The Hall–Kier alpha value is 0.200. The van der Waals surface area contributed by atoms with Gasteiger partial charge in [-0.15, -0.1) is 0 Å². The average Bonchev–Trinajstić information content (AvgIpc) is 2.33. The van der Waals surface area contributed by atoms with Crippen molar-refractivity contribution < 1.29 is 4.74 Å². The van der Waals surface area contributed by atoms with Gasteiger partial charge in [-0.25, -0.2) is 0 Å². The van der Waals surface area contributed by atoms with Gasteiger partial charge in [0, 0.05) is 35.0 Å². The number of rotatable bonds is 3. The van der Waals surface area contributed by atoms with Gasteiger partial charge in [0.1, 0.15) is 0 Å². The summed E-state index contributed by atoms with van der Waals surface area (Å²) in [6, 6.07) is 5.66. The third kappa shape index (κ3) is 3.83. The summed E-state index contributed by atoms with van der Waals surface area (Å²) in [5.74, 6) is 0. The first kappa shape index (κ1) is 13.6. The van der Waals surface area contributed by atoms with Gasteiger partial charge >= 0.3 is 0 Å². The smallest absolute Gasteiger partial charge is 0.0799 e. The summed E-state index contributed by atoms with van der Waals surface area (Å²) in [7, 11) is 0. The minimum atomic E-state index is 0.273. The molecule has 1 unspecified atom stereocenters. The van der Waals surface area contributed by atoms with Crippen LogP contribution >= 0.6 is 39.1 Å². The predicted octanol–water partition coefficient (Wildman–Crippen LogP) is 3.59. The second-order valence-electron chi connectivity index (χ2n) is 4.12. The van der Waals surface area contributed by atoms with Gasteiger partial charge in [-0.05, 0) is 17.7 Å². The third-order valence-electron chi connectivity index (χ3n) is 2.80. The fourth-order valence-corrected chi connectivity index (χ4v) is 2.77. The van der Waals surface area contributed by atoms with Crippen molar-refractivity contribution in [3.63, 3.8) is 0 Å². The monoisotopic (exact) mass is 337 g/mol. The van der Waals surface area contributed by atoms with E-state index in [1.165, 1.54) is 0 Å². The first-order valence-corrected chi connectivity index (χ1v) is 7.40. The molecule has 0 N–H and O–H groups in total. The van der Waals surface area contributed by atoms with E-state index >= 15 is 0 Å². The number of halogens is 3. The van der Waals surface area contributed by atoms with E-state index in [0.717, 1.165) is 42.2 Å². The van der Waals surface area contributed by atoms with Crippen LogP contribution in [0.2, 0.25) is 10.0 Å². The lowest BCUT2D eigenvalue weighted by atomic mass is 10.2. The Morgan fingerprint density at radius 2 is 2.24 bits per heavy atom. The van der Waals surface area contributed by atoms with Crippen molar-refractivity contribution in [3.05, 3.63) is 33.8 Å². The fraction of sp³-hybridized carbons (Fsp3) is 0.500. The molecule has 1 aromatic rings. The minimum absolute atomic E-state index is 0.273. The largest absolute Gasteiger partial charge is 0.375 e. The highest BCUT2D eigenvalue weighted by Crippen LogP contribution is 2.23. The number of benzene rings is 1. The highest BCUT2D eigenvalue weighted by molar-refractivity contribution is 9.09. The molecule has 2 rings (SSSR count). The lowest BCUT2D eigenvalue weighted by Gasteiger charge is -2.32. The minimum Gasteiger partial charge on any atom is -0.375 e. The fourth-order valence-electron chi connectivity index (χ4n) is 1.91. The maximum Gasteiger partial charge on any atom is 0.0799 e. The quantitative estimate of drug-likeness (QED) is 0.781. The number of alkyl halides is 1. The van der Waals surface area contributed by atoms with Crippen LogP contribution in [0.5, 0.6) is 0 Å². The van der Waals surface area contributed by atoms with Crippen LogP contribution < -0.4 is 0 Å². The van der Waals surface area contributed by atoms with Gasteiger partial charge in [0.25, 0.3) is 0 Å². The zero-order valence-electron chi connectivity index (χ0n) is 9.33. The van der Waals surface area contributed by atoms with Gasteiger partial charge in [-0.3, -0.25) is 4.90 Å². The van der Waals surface area contributed by atoms with Crippen LogP contribution in [0.25, 0.3) is 0 Å². The predicted molar refractivity (Wildman–Crippen MR) is 75.3 cm³/mol. The molecule has 1 heterocycles. The normalized spacial score (nSPS) is 21.7. The Labute approximate surface area is 120 Å². The Balaban J connectivity index is 2.00. The van der Waals surface area contributed by atoms with Crippen LogP contribution in [0, 0.1) is 0 Å². The van der Waals surface area contributed by atoms with Crippen LogP contribution in [0.4, 0.5) is 0 Å². The van der Waals surface area contributed by atoms with Crippen molar-refractivity contribution in [3.8, 4) is 0 Å². The zero-order chi connectivity index (χ0) is 12.3. The molecular weight excluding hydrogens is 325 g/mol. The van der Waals surface area contributed by atoms with E-state index < -0.39 is 0 Å². The number of ether oxygens (including phenoxy) is 1. The van der Waals surface area contributed by atoms with Crippen molar-refractivity contribution >= 4 is 39.1 Å². The van der Waals surface area contributed by atoms with Crippen molar-refractivity contribution in [2.75, 3.05) is 25.0 Å². The van der Waals surface area contributed by atoms with Gasteiger partial charge in [-0.2, -0.15) is 0 Å². The Kier molecular flexibility index (Phi) is 5.12. The highest BCUT2D eigenvalue weighted by atomic mass is 79.9. The summed E-state index contributed by atoms with van der Waals surface area (Å²) in [6.07, 6.45) is 0.273. The topological polar surface area (TPSA) is 12.5 Å². The molecule has 1 atom stereocenters. The summed E-state index contributed by atoms with van der Waals surface area (Å²) in [5, 5.41) is 2.29. The maximum atomic E-state index is 6.17. The van der Waals surface area contributed by atoms with Crippen LogP contribution in [0.1, 0.15) is 5.56 Å². The van der Waals surface area contributed by atoms with Gasteiger partial charge < -0.3 is 4.74 Å². The molecule has 1 aromatic carbocycles. The lowest BCUT2D eigenvalue weighted by molar-refractivity contribution is -0.0181. The molecule has 0 bridgehead atoms. The van der Waals surface area contributed by atoms with E-state index in [4.69, 9.17) is 27.9 Å². The number of hydrogen-bond donors (Lipinski definition) is 0. The van der Waals surface area contributed by atoms with E-state index in [1.807, 2.05) is 12.1 Å². The second kappa shape index (κ2) is 6.39. The van der Waals surface area contributed by atoms with E-state index in [2.05, 4.69) is 20.8 Å². The summed E-state index contributed by atoms with van der Waals surface area (Å²) >= 11 is 15.5. The Morgan fingerprint density at radius 1 is 1.41 bits per heavy atom. The third-order valence-corrected chi connectivity index (χ3v) is 4.11. The summed E-state index contributed by atoms with van der Waals surface area (Å²) in [6.45, 7) is 3.51. The maximum absolute atomic E-state index is 6.17. The molecule has 5 heteroatoms. The number of nitrogens with zero attached hydrogens (tertiary/aromatic N) is 1. The molecule has 0 amide bonds. The molecule has 1 saturated heterocycles. The molecule has 0 aromatic heterocycles. The zero-order valence-corrected chi connectivity index (χ0v) is 12.4. The van der Waals surface area contributed by atoms with Gasteiger partial charge in [0.15, 0.2) is 0 Å². The lowest BCUT2D eigenvalue weighted by Crippen LogP contribution is -2.42. The summed E-state index contributed by atoms with van der Waals surface area (Å²) in [4.78, 5) is 2.35. The molecule has 94 valence electrons. The molecule has 2 nitrogen and oxygen atoms in total. The van der Waals surface area contributed by atoms with Crippen LogP contribution in [0.3, 0.4) is 0 Å². The SMILES string of the molecule is Clc1ccc(CN2CCOC(CBr)C2)c(Cl)c1. The summed E-state index contributed by atoms with van der Waals surface area (Å²) < 4.78 is 5.60. The number of hydrogen-bond acceptors (Lipinski definition) is 2. The van der Waals surface area contributed by atoms with Crippen LogP contribution in [-0.2, 0) is 11.3 Å². The first-order chi connectivity index (χ1) is 8.19. The molecule has 0 saturated carbocycles. The van der Waals surface area contributed by atoms with Gasteiger partial charge in [-0.1, -0.05) is 45.2 Å². The van der Waals surface area contributed by atoms with Gasteiger partial charge in [0.05, 0.1) is 12.7 Å². The standard InChI is InChI=1S/C12H14BrCl2NO/c13-6-11-8-16(3-4-17-11)7-9-1-2-10(14)5-12(9)15/h1-2,5,11H,3-4,6-8H2. The van der Waals surface area contributed by atoms with E-state index in [9.17, 15) is 0 Å². The molecule has 17 heavy (non-hydrogen) atoms. The van der Waals surface area contributed by atoms with Crippen molar-refractivity contribution in [2.24, 2.45) is 0 Å². The molecule has 0 radical (unpaired) electrons. The van der Waals surface area contributed by atoms with Crippen LogP contribution in [-0.4, -0.2) is 36.0 Å². The van der Waals surface area contributed by atoms with Crippen molar-refractivity contribution in [1.82, 2.24) is 4.90 Å². The Bertz CT molecular complexity index is 389. The first-order valence-electron chi connectivity index (χ1n) is 5.53. The van der Waals surface area contributed by atoms with Gasteiger partial charge in [0.2, 0.25) is 0 Å². The van der Waals surface area contributed by atoms with E-state index in [1.54, 1.807) is 6.07 Å². The molecule has 1 aliphatic heterocycles. The second-order valence-corrected chi connectivity index (χ2v) is 5.61. The molecule has 1 aliphatic rings. The van der Waals surface area contributed by atoms with E-state index in [0.29, 0.717) is 5.02 Å². The highest BCUT2D eigenvalue weighted by Gasteiger charge is 2.19. The Morgan fingerprint density at radius 3 is 2.94 bits per heavy atom. The van der Waals surface area contributed by atoms with Crippen molar-refractivity contribution in [1.29, 1.82) is 0 Å². The molecule has 0 aliphatic carbocycles.